The lowest BCUT2D eigenvalue weighted by Gasteiger charge is -2.04. The van der Waals surface area contributed by atoms with E-state index in [0.29, 0.717) is 26.6 Å². The fourth-order valence-corrected chi connectivity index (χ4v) is 1.98. The number of hydrogen-bond donors (Lipinski definition) is 1. The molecular weight excluding hydrogens is 247 g/mol. The van der Waals surface area contributed by atoms with E-state index in [-0.39, 0.29) is 11.8 Å². The number of rotatable bonds is 1. The van der Waals surface area contributed by atoms with Crippen LogP contribution in [0.3, 0.4) is 0 Å². The number of nitriles is 1. The van der Waals surface area contributed by atoms with Crippen molar-refractivity contribution in [2.75, 3.05) is 0 Å². The SMILES string of the molecule is N#CCc1cc(=O)c2c(Cl)ccc(Cl)c2[nH]1. The zero-order valence-electron chi connectivity index (χ0n) is 8.05. The van der Waals surface area contributed by atoms with E-state index < -0.39 is 0 Å². The van der Waals surface area contributed by atoms with Gasteiger partial charge in [0.05, 0.1) is 33.4 Å². The van der Waals surface area contributed by atoms with Crippen molar-refractivity contribution in [3.63, 3.8) is 0 Å². The van der Waals surface area contributed by atoms with Crippen molar-refractivity contribution in [3.8, 4) is 6.07 Å². The lowest BCUT2D eigenvalue weighted by atomic mass is 10.1. The van der Waals surface area contributed by atoms with Crippen molar-refractivity contribution in [1.82, 2.24) is 4.98 Å². The maximum Gasteiger partial charge on any atom is 0.191 e. The fraction of sp³-hybridized carbons (Fsp3) is 0.0909. The number of aromatic amines is 1. The minimum Gasteiger partial charge on any atom is -0.356 e. The van der Waals surface area contributed by atoms with Gasteiger partial charge in [0, 0.05) is 11.8 Å². The van der Waals surface area contributed by atoms with E-state index in [2.05, 4.69) is 4.98 Å². The average molecular weight is 253 g/mol. The number of aromatic nitrogens is 1. The van der Waals surface area contributed by atoms with Gasteiger partial charge in [-0.2, -0.15) is 5.26 Å². The van der Waals surface area contributed by atoms with E-state index in [1.165, 1.54) is 6.07 Å². The summed E-state index contributed by atoms with van der Waals surface area (Å²) in [5.74, 6) is 0. The summed E-state index contributed by atoms with van der Waals surface area (Å²) in [5.41, 5.74) is 0.780. The highest BCUT2D eigenvalue weighted by molar-refractivity contribution is 6.39. The number of fused-ring (bicyclic) bond motifs is 1. The highest BCUT2D eigenvalue weighted by Gasteiger charge is 2.08. The number of benzene rings is 1. The van der Waals surface area contributed by atoms with E-state index in [4.69, 9.17) is 28.5 Å². The standard InChI is InChI=1S/C11H6Cl2N2O/c12-7-1-2-8(13)11-10(7)9(16)5-6(15-11)3-4-14/h1-2,5H,3H2,(H,15,16). The molecule has 0 aliphatic rings. The zero-order chi connectivity index (χ0) is 11.7. The summed E-state index contributed by atoms with van der Waals surface area (Å²) in [6.45, 7) is 0. The van der Waals surface area contributed by atoms with Gasteiger partial charge in [-0.1, -0.05) is 23.2 Å². The van der Waals surface area contributed by atoms with Crippen LogP contribution in [-0.4, -0.2) is 4.98 Å². The largest absolute Gasteiger partial charge is 0.356 e. The molecule has 0 atom stereocenters. The minimum atomic E-state index is -0.230. The molecule has 16 heavy (non-hydrogen) atoms. The molecule has 0 radical (unpaired) electrons. The Morgan fingerprint density at radius 2 is 2.00 bits per heavy atom. The molecule has 0 aliphatic heterocycles. The topological polar surface area (TPSA) is 56.6 Å². The van der Waals surface area contributed by atoms with Crippen LogP contribution in [0.4, 0.5) is 0 Å². The molecule has 80 valence electrons. The van der Waals surface area contributed by atoms with Gasteiger partial charge in [0.25, 0.3) is 0 Å². The number of H-pyrrole nitrogens is 1. The normalized spacial score (nSPS) is 10.3. The van der Waals surface area contributed by atoms with Gasteiger partial charge in [0.15, 0.2) is 5.43 Å². The van der Waals surface area contributed by atoms with Crippen LogP contribution in [0.25, 0.3) is 10.9 Å². The number of halogens is 2. The zero-order valence-corrected chi connectivity index (χ0v) is 9.56. The third-order valence-corrected chi connectivity index (χ3v) is 2.84. The molecule has 3 nitrogen and oxygen atoms in total. The van der Waals surface area contributed by atoms with Crippen LogP contribution < -0.4 is 5.43 Å². The number of nitrogens with zero attached hydrogens (tertiary/aromatic N) is 1. The molecule has 2 rings (SSSR count). The molecule has 0 fully saturated rings. The monoisotopic (exact) mass is 252 g/mol. The maximum atomic E-state index is 11.8. The van der Waals surface area contributed by atoms with Crippen LogP contribution in [-0.2, 0) is 6.42 Å². The summed E-state index contributed by atoms with van der Waals surface area (Å²) in [4.78, 5) is 14.7. The van der Waals surface area contributed by atoms with Gasteiger partial charge in [0.2, 0.25) is 0 Å². The predicted molar refractivity (Wildman–Crippen MR) is 63.9 cm³/mol. The number of pyridine rings is 1. The van der Waals surface area contributed by atoms with Crippen LogP contribution in [0, 0.1) is 11.3 Å². The summed E-state index contributed by atoms with van der Waals surface area (Å²) < 4.78 is 0. The average Bonchev–Trinajstić information content (AvgIpc) is 2.23. The van der Waals surface area contributed by atoms with Crippen molar-refractivity contribution < 1.29 is 0 Å². The first-order valence-corrected chi connectivity index (χ1v) is 5.26. The van der Waals surface area contributed by atoms with Crippen molar-refractivity contribution in [2.24, 2.45) is 0 Å². The molecule has 0 saturated heterocycles. The van der Waals surface area contributed by atoms with Crippen molar-refractivity contribution in [1.29, 1.82) is 5.26 Å². The van der Waals surface area contributed by atoms with Gasteiger partial charge in [-0.05, 0) is 12.1 Å². The molecular formula is C11H6Cl2N2O. The molecule has 0 bridgehead atoms. The first kappa shape index (κ1) is 11.0. The van der Waals surface area contributed by atoms with Crippen molar-refractivity contribution >= 4 is 34.1 Å². The summed E-state index contributed by atoms with van der Waals surface area (Å²) in [5, 5.41) is 9.70. The molecule has 1 aromatic heterocycles. The molecule has 0 aliphatic carbocycles. The second-order valence-corrected chi connectivity index (χ2v) is 4.09. The molecule has 0 amide bonds. The van der Waals surface area contributed by atoms with Crippen LogP contribution in [0.2, 0.25) is 10.0 Å². The van der Waals surface area contributed by atoms with Crippen LogP contribution in [0.1, 0.15) is 5.69 Å². The predicted octanol–water partition coefficient (Wildman–Crippen LogP) is 2.90. The first-order valence-electron chi connectivity index (χ1n) is 4.50. The van der Waals surface area contributed by atoms with Crippen LogP contribution in [0.15, 0.2) is 23.0 Å². The van der Waals surface area contributed by atoms with Gasteiger partial charge in [0.1, 0.15) is 0 Å². The van der Waals surface area contributed by atoms with E-state index in [0.717, 1.165) is 0 Å². The highest BCUT2D eigenvalue weighted by atomic mass is 35.5. The van der Waals surface area contributed by atoms with Gasteiger partial charge < -0.3 is 4.98 Å². The summed E-state index contributed by atoms with van der Waals surface area (Å²) >= 11 is 11.9. The third-order valence-electron chi connectivity index (χ3n) is 2.21. The Balaban J connectivity index is 2.88. The van der Waals surface area contributed by atoms with Gasteiger partial charge >= 0.3 is 0 Å². The van der Waals surface area contributed by atoms with Crippen LogP contribution in [0.5, 0.6) is 0 Å². The number of hydrogen-bond acceptors (Lipinski definition) is 2. The Kier molecular flexibility index (Phi) is 2.86. The quantitative estimate of drug-likeness (QED) is 0.849. The van der Waals surface area contributed by atoms with E-state index >= 15 is 0 Å². The molecule has 5 heteroatoms. The molecule has 1 N–H and O–H groups in total. The molecule has 0 spiro atoms. The number of nitrogens with one attached hydrogen (secondary N) is 1. The Bertz CT molecular complexity index is 655. The second-order valence-electron chi connectivity index (χ2n) is 3.27. The molecule has 0 unspecified atom stereocenters. The molecule has 2 aromatic rings. The molecule has 0 saturated carbocycles. The lowest BCUT2D eigenvalue weighted by molar-refractivity contribution is 1.14. The minimum absolute atomic E-state index is 0.133. The van der Waals surface area contributed by atoms with E-state index in [1.807, 2.05) is 6.07 Å². The third kappa shape index (κ3) is 1.78. The summed E-state index contributed by atoms with van der Waals surface area (Å²) in [7, 11) is 0. The van der Waals surface area contributed by atoms with E-state index in [9.17, 15) is 4.79 Å². The Morgan fingerprint density at radius 1 is 1.31 bits per heavy atom. The fourth-order valence-electron chi connectivity index (χ4n) is 1.52. The van der Waals surface area contributed by atoms with Crippen molar-refractivity contribution in [2.45, 2.75) is 6.42 Å². The Labute approximate surface area is 101 Å². The summed E-state index contributed by atoms with van der Waals surface area (Å²) in [6.07, 6.45) is 0.133. The van der Waals surface area contributed by atoms with Gasteiger partial charge in [-0.25, -0.2) is 0 Å². The molecule has 1 heterocycles. The van der Waals surface area contributed by atoms with Gasteiger partial charge in [-0.3, -0.25) is 4.79 Å². The maximum absolute atomic E-state index is 11.8. The smallest absolute Gasteiger partial charge is 0.191 e. The lowest BCUT2D eigenvalue weighted by Crippen LogP contribution is -2.05. The van der Waals surface area contributed by atoms with Gasteiger partial charge in [-0.15, -0.1) is 0 Å². The van der Waals surface area contributed by atoms with Crippen molar-refractivity contribution in [3.05, 3.63) is 44.2 Å². The second kappa shape index (κ2) is 4.17. The van der Waals surface area contributed by atoms with E-state index in [1.54, 1.807) is 12.1 Å². The first-order chi connectivity index (χ1) is 7.63. The summed E-state index contributed by atoms with van der Waals surface area (Å²) in [6, 6.07) is 6.52. The van der Waals surface area contributed by atoms with Crippen LogP contribution >= 0.6 is 23.2 Å². The molecule has 1 aromatic carbocycles. The Morgan fingerprint density at radius 3 is 2.69 bits per heavy atom. The highest BCUT2D eigenvalue weighted by Crippen LogP contribution is 2.25. The Hall–Kier alpha value is -1.50.